The Balaban J connectivity index is 1.51. The number of carbonyl (C=O) groups is 1. The molecule has 0 aliphatic carbocycles. The van der Waals surface area contributed by atoms with Crippen molar-refractivity contribution in [2.75, 3.05) is 54.1 Å². The van der Waals surface area contributed by atoms with Gasteiger partial charge < -0.3 is 25.8 Å². The summed E-state index contributed by atoms with van der Waals surface area (Å²) in [6.45, 7) is 5.71. The van der Waals surface area contributed by atoms with E-state index in [0.29, 0.717) is 5.82 Å². The van der Waals surface area contributed by atoms with Crippen molar-refractivity contribution in [2.24, 2.45) is 0 Å². The van der Waals surface area contributed by atoms with Gasteiger partial charge in [0.05, 0.1) is 16.9 Å². The van der Waals surface area contributed by atoms with Crippen LogP contribution < -0.4 is 20.9 Å². The van der Waals surface area contributed by atoms with E-state index in [1.54, 1.807) is 6.33 Å². The Bertz CT molecular complexity index is 1330. The molecule has 0 atom stereocenters. The number of hydrogen-bond acceptors (Lipinski definition) is 6. The topological polar surface area (TPSA) is 85.4 Å². The zero-order chi connectivity index (χ0) is 24.2. The van der Waals surface area contributed by atoms with Crippen molar-refractivity contribution in [1.29, 1.82) is 0 Å². The van der Waals surface area contributed by atoms with E-state index in [1.807, 2.05) is 54.6 Å². The van der Waals surface area contributed by atoms with Crippen molar-refractivity contribution in [3.8, 4) is 0 Å². The van der Waals surface area contributed by atoms with Gasteiger partial charge in [0.15, 0.2) is 0 Å². The molecule has 0 saturated carbocycles. The highest BCUT2D eigenvalue weighted by Crippen LogP contribution is 2.34. The number of piperazine rings is 1. The lowest BCUT2D eigenvalue weighted by molar-refractivity contribution is 0.262. The van der Waals surface area contributed by atoms with Crippen LogP contribution >= 0.6 is 0 Å². The molecule has 3 N–H and O–H groups in total. The highest BCUT2D eigenvalue weighted by Gasteiger charge is 2.20. The van der Waals surface area contributed by atoms with Crippen LogP contribution in [0.1, 0.15) is 5.56 Å². The summed E-state index contributed by atoms with van der Waals surface area (Å²) >= 11 is 0. The number of nitrogens with one attached hydrogen (secondary N) is 3. The molecule has 4 aromatic rings. The number of hydrogen-bond donors (Lipinski definition) is 3. The third-order valence-corrected chi connectivity index (χ3v) is 6.16. The fourth-order valence-electron chi connectivity index (χ4n) is 4.27. The van der Waals surface area contributed by atoms with E-state index in [-0.39, 0.29) is 6.03 Å². The van der Waals surface area contributed by atoms with Crippen molar-refractivity contribution in [3.05, 3.63) is 78.6 Å². The van der Waals surface area contributed by atoms with E-state index in [1.165, 1.54) is 0 Å². The van der Waals surface area contributed by atoms with Crippen molar-refractivity contribution in [2.45, 2.75) is 6.92 Å². The average molecular weight is 468 g/mol. The van der Waals surface area contributed by atoms with Crippen LogP contribution in [0, 0.1) is 6.92 Å². The molecule has 1 aliphatic heterocycles. The Morgan fingerprint density at radius 2 is 1.63 bits per heavy atom. The number of fused-ring (bicyclic) bond motifs is 1. The zero-order valence-electron chi connectivity index (χ0n) is 20.0. The SMILES string of the molecule is Cc1cccc(Nc2ncnc3cc(N4CCN(C)CC4)c(NC(=O)Nc4ccccc4)cc23)c1. The Labute approximate surface area is 205 Å². The maximum absolute atomic E-state index is 12.9. The van der Waals surface area contributed by atoms with E-state index >= 15 is 0 Å². The molecule has 3 aromatic carbocycles. The molecular formula is C27H29N7O. The summed E-state index contributed by atoms with van der Waals surface area (Å²) in [6, 6.07) is 21.3. The second-order valence-corrected chi connectivity index (χ2v) is 8.84. The lowest BCUT2D eigenvalue weighted by Gasteiger charge is -2.35. The van der Waals surface area contributed by atoms with E-state index in [0.717, 1.165) is 65.4 Å². The molecule has 2 heterocycles. The first-order valence-electron chi connectivity index (χ1n) is 11.7. The van der Waals surface area contributed by atoms with Gasteiger partial charge in [0.2, 0.25) is 0 Å². The summed E-state index contributed by atoms with van der Waals surface area (Å²) in [5.41, 5.74) is 5.33. The number of likely N-dealkylation sites (N-methyl/N-ethyl adjacent to an activating group) is 1. The Kier molecular flexibility index (Phi) is 6.45. The van der Waals surface area contributed by atoms with E-state index in [9.17, 15) is 4.79 Å². The largest absolute Gasteiger partial charge is 0.367 e. The molecule has 1 aliphatic rings. The minimum atomic E-state index is -0.295. The van der Waals surface area contributed by atoms with Gasteiger partial charge in [0.1, 0.15) is 12.1 Å². The number of benzene rings is 3. The van der Waals surface area contributed by atoms with Crippen LogP contribution in [0.25, 0.3) is 10.9 Å². The van der Waals surface area contributed by atoms with Gasteiger partial charge in [0.25, 0.3) is 0 Å². The lowest BCUT2D eigenvalue weighted by atomic mass is 10.1. The Morgan fingerprint density at radius 1 is 0.857 bits per heavy atom. The minimum absolute atomic E-state index is 0.295. The molecule has 8 nitrogen and oxygen atoms in total. The van der Waals surface area contributed by atoms with E-state index < -0.39 is 0 Å². The summed E-state index contributed by atoms with van der Waals surface area (Å²) in [7, 11) is 2.13. The van der Waals surface area contributed by atoms with Crippen LogP contribution in [0.2, 0.25) is 0 Å². The second-order valence-electron chi connectivity index (χ2n) is 8.84. The first kappa shape index (κ1) is 22.6. The maximum Gasteiger partial charge on any atom is 0.323 e. The van der Waals surface area contributed by atoms with Gasteiger partial charge in [-0.15, -0.1) is 0 Å². The molecule has 178 valence electrons. The number of aromatic nitrogens is 2. The highest BCUT2D eigenvalue weighted by atomic mass is 16.2. The fourth-order valence-corrected chi connectivity index (χ4v) is 4.27. The van der Waals surface area contributed by atoms with E-state index in [4.69, 9.17) is 0 Å². The average Bonchev–Trinajstić information content (AvgIpc) is 2.85. The Hall–Kier alpha value is -4.17. The molecule has 1 aromatic heterocycles. The van der Waals surface area contributed by atoms with Gasteiger partial charge in [-0.2, -0.15) is 0 Å². The molecule has 8 heteroatoms. The molecule has 1 fully saturated rings. The van der Waals surface area contributed by atoms with Crippen molar-refractivity contribution < 1.29 is 4.79 Å². The summed E-state index contributed by atoms with van der Waals surface area (Å²) < 4.78 is 0. The highest BCUT2D eigenvalue weighted by molar-refractivity contribution is 6.05. The lowest BCUT2D eigenvalue weighted by Crippen LogP contribution is -2.44. The first-order chi connectivity index (χ1) is 17.0. The van der Waals surface area contributed by atoms with Gasteiger partial charge in [-0.3, -0.25) is 0 Å². The van der Waals surface area contributed by atoms with Crippen LogP contribution in [-0.2, 0) is 0 Å². The van der Waals surface area contributed by atoms with Gasteiger partial charge in [0, 0.05) is 42.9 Å². The molecule has 0 unspecified atom stereocenters. The van der Waals surface area contributed by atoms with Gasteiger partial charge in [-0.05, 0) is 55.9 Å². The summed E-state index contributed by atoms with van der Waals surface area (Å²) in [6.07, 6.45) is 1.57. The van der Waals surface area contributed by atoms with Crippen LogP contribution in [0.5, 0.6) is 0 Å². The molecule has 0 radical (unpaired) electrons. The van der Waals surface area contributed by atoms with Crippen LogP contribution in [0.3, 0.4) is 0 Å². The standard InChI is InChI=1S/C27H29N7O/c1-19-7-6-10-21(15-19)30-26-22-16-24(32-27(35)31-20-8-4-3-5-9-20)25(17-23(22)28-18-29-26)34-13-11-33(2)12-14-34/h3-10,15-18H,11-14H2,1-2H3,(H,28,29,30)(H2,31,32,35). The monoisotopic (exact) mass is 467 g/mol. The smallest absolute Gasteiger partial charge is 0.323 e. The fraction of sp³-hybridized carbons (Fsp3) is 0.222. The number of amides is 2. The van der Waals surface area contributed by atoms with Crippen molar-refractivity contribution in [3.63, 3.8) is 0 Å². The van der Waals surface area contributed by atoms with Gasteiger partial charge in [-0.1, -0.05) is 30.3 Å². The third-order valence-electron chi connectivity index (χ3n) is 6.16. The molecular weight excluding hydrogens is 438 g/mol. The summed E-state index contributed by atoms with van der Waals surface area (Å²) in [4.78, 5) is 26.6. The number of carbonyl (C=O) groups excluding carboxylic acids is 1. The number of anilines is 5. The summed E-state index contributed by atoms with van der Waals surface area (Å²) in [5.74, 6) is 0.692. The van der Waals surface area contributed by atoms with Crippen molar-refractivity contribution in [1.82, 2.24) is 14.9 Å². The van der Waals surface area contributed by atoms with Crippen LogP contribution in [0.4, 0.5) is 33.4 Å². The summed E-state index contributed by atoms with van der Waals surface area (Å²) in [5, 5.41) is 10.2. The molecule has 0 spiro atoms. The molecule has 1 saturated heterocycles. The minimum Gasteiger partial charge on any atom is -0.367 e. The quantitative estimate of drug-likeness (QED) is 0.380. The Morgan fingerprint density at radius 3 is 2.40 bits per heavy atom. The predicted octanol–water partition coefficient (Wildman–Crippen LogP) is 5.08. The van der Waals surface area contributed by atoms with Crippen LogP contribution in [0.15, 0.2) is 73.1 Å². The predicted molar refractivity (Wildman–Crippen MR) is 143 cm³/mol. The molecule has 0 bridgehead atoms. The number of para-hydroxylation sites is 1. The second kappa shape index (κ2) is 9.99. The number of rotatable bonds is 5. The van der Waals surface area contributed by atoms with Gasteiger partial charge >= 0.3 is 6.03 Å². The first-order valence-corrected chi connectivity index (χ1v) is 11.7. The van der Waals surface area contributed by atoms with Crippen molar-refractivity contribution >= 4 is 45.5 Å². The maximum atomic E-state index is 12.9. The van der Waals surface area contributed by atoms with E-state index in [2.05, 4.69) is 61.8 Å². The molecule has 2 amide bonds. The van der Waals surface area contributed by atoms with Crippen LogP contribution in [-0.4, -0.2) is 54.1 Å². The normalized spacial score (nSPS) is 14.1. The molecule has 5 rings (SSSR count). The number of urea groups is 1. The van der Waals surface area contributed by atoms with Gasteiger partial charge in [-0.25, -0.2) is 14.8 Å². The number of nitrogens with zero attached hydrogens (tertiary/aromatic N) is 4. The zero-order valence-corrected chi connectivity index (χ0v) is 20.0. The molecule has 35 heavy (non-hydrogen) atoms. The third kappa shape index (κ3) is 5.33. The number of aryl methyl sites for hydroxylation is 1.